The van der Waals surface area contributed by atoms with Crippen LogP contribution in [0.1, 0.15) is 54.9 Å². The lowest BCUT2D eigenvalue weighted by atomic mass is 9.68. The van der Waals surface area contributed by atoms with E-state index in [0.717, 1.165) is 26.7 Å². The van der Waals surface area contributed by atoms with E-state index in [2.05, 4.69) is 22.0 Å². The molecule has 1 unspecified atom stereocenters. The first-order valence-corrected chi connectivity index (χ1v) is 14.9. The topological polar surface area (TPSA) is 122 Å². The Hall–Kier alpha value is -4.13. The predicted molar refractivity (Wildman–Crippen MR) is 170 cm³/mol. The second-order valence-corrected chi connectivity index (χ2v) is 13.1. The third-order valence-corrected chi connectivity index (χ3v) is 8.76. The van der Waals surface area contributed by atoms with Crippen molar-refractivity contribution in [2.45, 2.75) is 53.1 Å². The molecule has 8 nitrogen and oxygen atoms in total. The number of aryl methyl sites for hydroxylation is 2. The van der Waals surface area contributed by atoms with Crippen LogP contribution in [0.15, 0.2) is 81.7 Å². The SMILES string of the molecule is Cc1cc(C)c(C2C(C#N)=C(N)N(c3ccc(Cl)cc3[N+](=O)[O-])C3=C2C(=O)CC(C)(C)C3)cc1COc1ccc(Br)cc1. The summed E-state index contributed by atoms with van der Waals surface area (Å²) in [6, 6.07) is 18.1. The number of ether oxygens (including phenoxy) is 1. The molecule has 0 radical (unpaired) electrons. The molecule has 3 aromatic rings. The van der Waals surface area contributed by atoms with Crippen LogP contribution < -0.4 is 15.4 Å². The van der Waals surface area contributed by atoms with Crippen molar-refractivity contribution in [3.8, 4) is 11.8 Å². The number of nitrogens with zero attached hydrogens (tertiary/aromatic N) is 3. The highest BCUT2D eigenvalue weighted by Gasteiger charge is 2.46. The summed E-state index contributed by atoms with van der Waals surface area (Å²) in [6.45, 7) is 8.18. The Morgan fingerprint density at radius 1 is 1.14 bits per heavy atom. The van der Waals surface area contributed by atoms with Gasteiger partial charge in [0, 0.05) is 33.3 Å². The van der Waals surface area contributed by atoms with Gasteiger partial charge in [0.05, 0.1) is 22.5 Å². The maximum atomic E-state index is 14.0. The molecule has 2 N–H and O–H groups in total. The number of ketones is 1. The number of hydrogen-bond acceptors (Lipinski definition) is 7. The minimum absolute atomic E-state index is 0.0507. The Bertz CT molecular complexity index is 1770. The van der Waals surface area contributed by atoms with Gasteiger partial charge in [-0.3, -0.25) is 19.8 Å². The van der Waals surface area contributed by atoms with Crippen LogP contribution in [0.2, 0.25) is 5.02 Å². The second kappa shape index (κ2) is 11.5. The van der Waals surface area contributed by atoms with Crippen LogP contribution >= 0.6 is 27.5 Å². The summed E-state index contributed by atoms with van der Waals surface area (Å²) in [4.78, 5) is 27.1. The molecule has 0 bridgehead atoms. The van der Waals surface area contributed by atoms with E-state index in [0.29, 0.717) is 23.4 Å². The van der Waals surface area contributed by atoms with E-state index >= 15 is 0 Å². The third-order valence-electron chi connectivity index (χ3n) is 8.00. The summed E-state index contributed by atoms with van der Waals surface area (Å²) in [6.07, 6.45) is 0.691. The maximum Gasteiger partial charge on any atom is 0.294 e. The Balaban J connectivity index is 1.70. The van der Waals surface area contributed by atoms with Crippen molar-refractivity contribution in [2.24, 2.45) is 11.1 Å². The number of nitro groups is 1. The summed E-state index contributed by atoms with van der Waals surface area (Å²) in [5.41, 5.74) is 10.9. The number of Topliss-reactive ketones (excluding diaryl/α,β-unsaturated/α-hetero) is 1. The highest BCUT2D eigenvalue weighted by molar-refractivity contribution is 9.10. The van der Waals surface area contributed by atoms with Crippen molar-refractivity contribution in [1.29, 1.82) is 5.26 Å². The number of nitro benzene ring substituents is 1. The monoisotopic (exact) mass is 660 g/mol. The van der Waals surface area contributed by atoms with E-state index in [9.17, 15) is 20.2 Å². The van der Waals surface area contributed by atoms with Crippen molar-refractivity contribution in [1.82, 2.24) is 0 Å². The predicted octanol–water partition coefficient (Wildman–Crippen LogP) is 8.15. The number of hydrogen-bond donors (Lipinski definition) is 1. The van der Waals surface area contributed by atoms with Gasteiger partial charge in [-0.25, -0.2) is 0 Å². The largest absolute Gasteiger partial charge is 0.489 e. The molecule has 0 amide bonds. The second-order valence-electron chi connectivity index (χ2n) is 11.7. The summed E-state index contributed by atoms with van der Waals surface area (Å²) >= 11 is 9.55. The van der Waals surface area contributed by atoms with Crippen LogP contribution in [0.5, 0.6) is 5.75 Å². The lowest BCUT2D eigenvalue weighted by Crippen LogP contribution is -2.42. The number of anilines is 1. The third kappa shape index (κ3) is 5.77. The van der Waals surface area contributed by atoms with Crippen molar-refractivity contribution in [3.05, 3.63) is 119 Å². The molecule has 3 aromatic carbocycles. The quantitative estimate of drug-likeness (QED) is 0.209. The molecule has 43 heavy (non-hydrogen) atoms. The van der Waals surface area contributed by atoms with Crippen LogP contribution in [0, 0.1) is 40.7 Å². The van der Waals surface area contributed by atoms with Gasteiger partial charge in [0.25, 0.3) is 5.69 Å². The number of carbonyl (C=O) groups is 1. The Labute approximate surface area is 263 Å². The number of nitriles is 1. The summed E-state index contributed by atoms with van der Waals surface area (Å²) in [7, 11) is 0. The fourth-order valence-electron chi connectivity index (χ4n) is 6.00. The standard InChI is InChI=1S/C33H30BrClN4O4/c1-18-11-19(2)24(12-20(18)17-43-23-8-5-21(34)6-9-23)30-25(16-36)32(37)38(26-10-7-22(35)13-27(26)39(41)42)28-14-33(3,4)15-29(40)31(28)30/h5-13,30H,14-15,17,37H2,1-4H3. The molecule has 1 aliphatic carbocycles. The number of benzene rings is 3. The Morgan fingerprint density at radius 3 is 2.49 bits per heavy atom. The average molecular weight is 662 g/mol. The van der Waals surface area contributed by atoms with Gasteiger partial charge in [0.1, 0.15) is 23.9 Å². The van der Waals surface area contributed by atoms with Crippen molar-refractivity contribution >= 4 is 44.7 Å². The molecule has 0 fully saturated rings. The van der Waals surface area contributed by atoms with Gasteiger partial charge >= 0.3 is 0 Å². The number of carbonyl (C=O) groups excluding carboxylic acids is 1. The van der Waals surface area contributed by atoms with Gasteiger partial charge in [-0.15, -0.1) is 0 Å². The lowest BCUT2D eigenvalue weighted by Gasteiger charge is -2.43. The van der Waals surface area contributed by atoms with Gasteiger partial charge in [-0.05, 0) is 84.3 Å². The van der Waals surface area contributed by atoms with E-state index in [-0.39, 0.29) is 46.6 Å². The zero-order chi connectivity index (χ0) is 31.2. The number of allylic oxidation sites excluding steroid dienone is 3. The van der Waals surface area contributed by atoms with E-state index in [1.807, 2.05) is 64.1 Å². The molecule has 5 rings (SSSR count). The number of halogens is 2. The lowest BCUT2D eigenvalue weighted by molar-refractivity contribution is -0.384. The molecule has 0 saturated carbocycles. The molecule has 0 aromatic heterocycles. The van der Waals surface area contributed by atoms with Crippen LogP contribution in [0.25, 0.3) is 0 Å². The fraction of sp³-hybridized carbons (Fsp3) is 0.273. The van der Waals surface area contributed by atoms with Gasteiger partial charge in [0.15, 0.2) is 5.78 Å². The molecule has 0 spiro atoms. The first kappa shape index (κ1) is 30.3. The molecule has 1 aliphatic heterocycles. The van der Waals surface area contributed by atoms with E-state index < -0.39 is 16.3 Å². The minimum atomic E-state index is -0.738. The molecule has 1 heterocycles. The molecule has 1 atom stereocenters. The average Bonchev–Trinajstić information content (AvgIpc) is 2.93. The van der Waals surface area contributed by atoms with E-state index in [4.69, 9.17) is 22.1 Å². The number of rotatable bonds is 6. The summed E-state index contributed by atoms with van der Waals surface area (Å²) in [5, 5.41) is 22.8. The van der Waals surface area contributed by atoms with Crippen LogP contribution in [0.3, 0.4) is 0 Å². The molecule has 10 heteroatoms. The van der Waals surface area contributed by atoms with Crippen LogP contribution in [-0.2, 0) is 11.4 Å². The van der Waals surface area contributed by atoms with Crippen LogP contribution in [0.4, 0.5) is 11.4 Å². The first-order valence-electron chi connectivity index (χ1n) is 13.7. The van der Waals surface area contributed by atoms with Gasteiger partial charge < -0.3 is 10.5 Å². The molecular weight excluding hydrogens is 632 g/mol. The van der Waals surface area contributed by atoms with E-state index in [1.165, 1.54) is 23.1 Å². The zero-order valence-corrected chi connectivity index (χ0v) is 26.5. The highest BCUT2D eigenvalue weighted by Crippen LogP contribution is 2.52. The maximum absolute atomic E-state index is 14.0. The normalized spacial score (nSPS) is 17.9. The number of nitrogens with two attached hydrogens (primary N) is 1. The van der Waals surface area contributed by atoms with Crippen molar-refractivity contribution in [2.75, 3.05) is 4.90 Å². The van der Waals surface area contributed by atoms with E-state index in [1.54, 1.807) is 0 Å². The Morgan fingerprint density at radius 2 is 1.84 bits per heavy atom. The molecular formula is C33H30BrClN4O4. The van der Waals surface area contributed by atoms with Gasteiger partial charge in [0.2, 0.25) is 0 Å². The first-order chi connectivity index (χ1) is 20.3. The summed E-state index contributed by atoms with van der Waals surface area (Å²) < 4.78 is 7.02. The molecule has 0 saturated heterocycles. The molecule has 220 valence electrons. The zero-order valence-electron chi connectivity index (χ0n) is 24.2. The Kier molecular flexibility index (Phi) is 8.12. The van der Waals surface area contributed by atoms with Gasteiger partial charge in [-0.1, -0.05) is 53.5 Å². The summed E-state index contributed by atoms with van der Waals surface area (Å²) in [5.74, 6) is -0.0991. The van der Waals surface area contributed by atoms with Crippen molar-refractivity contribution in [3.63, 3.8) is 0 Å². The fourth-order valence-corrected chi connectivity index (χ4v) is 6.43. The van der Waals surface area contributed by atoms with Crippen molar-refractivity contribution < 1.29 is 14.5 Å². The minimum Gasteiger partial charge on any atom is -0.489 e. The molecule has 2 aliphatic rings. The van der Waals surface area contributed by atoms with Crippen LogP contribution in [-0.4, -0.2) is 10.7 Å². The van der Waals surface area contributed by atoms with Gasteiger partial charge in [-0.2, -0.15) is 5.26 Å². The smallest absolute Gasteiger partial charge is 0.294 e. The highest BCUT2D eigenvalue weighted by atomic mass is 79.9.